The highest BCUT2D eigenvalue weighted by molar-refractivity contribution is 5.24. The van der Waals surface area contributed by atoms with Crippen molar-refractivity contribution in [3.05, 3.63) is 11.1 Å². The Morgan fingerprint density at radius 2 is 1.70 bits per heavy atom. The van der Waals surface area contributed by atoms with Crippen LogP contribution in [0.5, 0.6) is 0 Å². The molecule has 0 amide bonds. The maximum absolute atomic E-state index is 6.72. The Balaban J connectivity index is 1.79. The lowest BCUT2D eigenvalue weighted by Gasteiger charge is -2.47. The molecule has 134 valence electrons. The first-order valence-electron chi connectivity index (χ1n) is 10.3. The lowest BCUT2D eigenvalue weighted by Crippen LogP contribution is -2.45. The Morgan fingerprint density at radius 1 is 1.04 bits per heavy atom. The Hall–Kier alpha value is -0.300. The van der Waals surface area contributed by atoms with E-state index in [1.807, 2.05) is 0 Å². The molecule has 2 rings (SSSR count). The molecule has 2 aliphatic rings. The van der Waals surface area contributed by atoms with Crippen molar-refractivity contribution >= 4 is 0 Å². The lowest BCUT2D eigenvalue weighted by molar-refractivity contribution is -0.126. The van der Waals surface area contributed by atoms with E-state index in [2.05, 4.69) is 34.6 Å². The minimum absolute atomic E-state index is 0.128. The van der Waals surface area contributed by atoms with E-state index in [1.54, 1.807) is 11.1 Å². The van der Waals surface area contributed by atoms with Crippen molar-refractivity contribution in [1.29, 1.82) is 0 Å². The largest absolute Gasteiger partial charge is 0.367 e. The minimum Gasteiger partial charge on any atom is -0.367 e. The molecule has 4 atom stereocenters. The summed E-state index contributed by atoms with van der Waals surface area (Å²) in [6, 6.07) is 0. The summed E-state index contributed by atoms with van der Waals surface area (Å²) in [5.41, 5.74) is 3.40. The van der Waals surface area contributed by atoms with E-state index in [-0.39, 0.29) is 5.60 Å². The van der Waals surface area contributed by atoms with Gasteiger partial charge in [0.05, 0.1) is 11.7 Å². The molecular weight excluding hydrogens is 280 g/mol. The summed E-state index contributed by atoms with van der Waals surface area (Å²) >= 11 is 0. The van der Waals surface area contributed by atoms with Crippen LogP contribution in [0, 0.1) is 11.8 Å². The Labute approximate surface area is 145 Å². The molecule has 3 unspecified atom stereocenters. The summed E-state index contributed by atoms with van der Waals surface area (Å²) in [5.74, 6) is 1.45. The van der Waals surface area contributed by atoms with E-state index in [0.29, 0.717) is 12.0 Å². The van der Waals surface area contributed by atoms with Gasteiger partial charge in [-0.3, -0.25) is 0 Å². The number of unbranched alkanes of at least 4 members (excludes halogenated alkanes) is 6. The van der Waals surface area contributed by atoms with Crippen molar-refractivity contribution < 1.29 is 4.74 Å². The van der Waals surface area contributed by atoms with Gasteiger partial charge in [-0.1, -0.05) is 71.3 Å². The van der Waals surface area contributed by atoms with Crippen LogP contribution in [-0.2, 0) is 4.74 Å². The van der Waals surface area contributed by atoms with Gasteiger partial charge in [0, 0.05) is 0 Å². The second kappa shape index (κ2) is 8.70. The quantitative estimate of drug-likeness (QED) is 0.343. The van der Waals surface area contributed by atoms with Gasteiger partial charge in [-0.15, -0.1) is 0 Å². The summed E-state index contributed by atoms with van der Waals surface area (Å²) in [6.07, 6.45) is 15.2. The van der Waals surface area contributed by atoms with Gasteiger partial charge in [-0.05, 0) is 56.9 Å². The van der Waals surface area contributed by atoms with E-state index in [1.165, 1.54) is 70.6 Å². The molecule has 1 heteroatoms. The number of ether oxygens (including phenoxy) is 1. The van der Waals surface area contributed by atoms with E-state index in [9.17, 15) is 0 Å². The smallest absolute Gasteiger partial charge is 0.0823 e. The van der Waals surface area contributed by atoms with E-state index in [0.717, 1.165) is 5.92 Å². The second-order valence-electron chi connectivity index (χ2n) is 8.71. The van der Waals surface area contributed by atoms with Crippen molar-refractivity contribution in [1.82, 2.24) is 0 Å². The fraction of sp³-hybridized carbons (Fsp3) is 0.909. The first-order chi connectivity index (χ1) is 11.0. The SMILES string of the molecule is CCCCCCCCC[C@]1(C)CCC2=C(C)CC(C)C(C)C2O1. The summed E-state index contributed by atoms with van der Waals surface area (Å²) in [4.78, 5) is 0. The Morgan fingerprint density at radius 3 is 2.39 bits per heavy atom. The molecular formula is C22H40O. The van der Waals surface area contributed by atoms with Gasteiger partial charge in [0.2, 0.25) is 0 Å². The highest BCUT2D eigenvalue weighted by atomic mass is 16.5. The summed E-state index contributed by atoms with van der Waals surface area (Å²) < 4.78 is 6.72. The van der Waals surface area contributed by atoms with E-state index < -0.39 is 0 Å². The molecule has 1 nitrogen and oxygen atoms in total. The standard InChI is InChI=1S/C22H40O/c1-6-7-8-9-10-11-12-14-22(5)15-13-20-18(3)16-17(2)19(4)21(20)23-22/h17,19,21H,6-16H2,1-5H3/t17?,19?,21?,22-/m1/s1. The monoisotopic (exact) mass is 320 g/mol. The van der Waals surface area contributed by atoms with Gasteiger partial charge < -0.3 is 4.74 Å². The van der Waals surface area contributed by atoms with Crippen LogP contribution in [-0.4, -0.2) is 11.7 Å². The van der Waals surface area contributed by atoms with Gasteiger partial charge in [0.1, 0.15) is 0 Å². The van der Waals surface area contributed by atoms with Gasteiger partial charge in [0.15, 0.2) is 0 Å². The molecule has 0 saturated carbocycles. The molecule has 0 bridgehead atoms. The van der Waals surface area contributed by atoms with Crippen LogP contribution in [0.2, 0.25) is 0 Å². The van der Waals surface area contributed by atoms with Gasteiger partial charge >= 0.3 is 0 Å². The number of hydrogen-bond donors (Lipinski definition) is 0. The first kappa shape index (κ1) is 19.0. The minimum atomic E-state index is 0.128. The van der Waals surface area contributed by atoms with Crippen LogP contribution in [0.3, 0.4) is 0 Å². The molecule has 1 heterocycles. The zero-order valence-electron chi connectivity index (χ0n) is 16.4. The van der Waals surface area contributed by atoms with Crippen molar-refractivity contribution in [3.63, 3.8) is 0 Å². The fourth-order valence-electron chi connectivity index (χ4n) is 4.60. The summed E-state index contributed by atoms with van der Waals surface area (Å²) in [5, 5.41) is 0. The summed E-state index contributed by atoms with van der Waals surface area (Å²) in [7, 11) is 0. The average molecular weight is 321 g/mol. The molecule has 0 spiro atoms. The van der Waals surface area contributed by atoms with Crippen LogP contribution in [0.4, 0.5) is 0 Å². The molecule has 1 aliphatic heterocycles. The number of hydrogen-bond acceptors (Lipinski definition) is 1. The van der Waals surface area contributed by atoms with Crippen molar-refractivity contribution in [2.24, 2.45) is 11.8 Å². The molecule has 0 radical (unpaired) electrons. The maximum Gasteiger partial charge on any atom is 0.0823 e. The van der Waals surface area contributed by atoms with Crippen LogP contribution in [0.15, 0.2) is 11.1 Å². The third kappa shape index (κ3) is 5.08. The highest BCUT2D eigenvalue weighted by Crippen LogP contribution is 2.45. The van der Waals surface area contributed by atoms with Crippen molar-refractivity contribution in [2.45, 2.75) is 117 Å². The maximum atomic E-state index is 6.72. The zero-order valence-corrected chi connectivity index (χ0v) is 16.4. The van der Waals surface area contributed by atoms with Gasteiger partial charge in [-0.25, -0.2) is 0 Å². The number of rotatable bonds is 8. The zero-order chi connectivity index (χ0) is 16.9. The normalized spacial score (nSPS) is 34.6. The molecule has 1 fully saturated rings. The lowest BCUT2D eigenvalue weighted by atomic mass is 9.71. The van der Waals surface area contributed by atoms with Crippen molar-refractivity contribution in [2.75, 3.05) is 0 Å². The predicted molar refractivity (Wildman–Crippen MR) is 101 cm³/mol. The van der Waals surface area contributed by atoms with Crippen LogP contribution < -0.4 is 0 Å². The molecule has 23 heavy (non-hydrogen) atoms. The van der Waals surface area contributed by atoms with Crippen LogP contribution >= 0.6 is 0 Å². The van der Waals surface area contributed by atoms with Crippen molar-refractivity contribution in [3.8, 4) is 0 Å². The number of fused-ring (bicyclic) bond motifs is 1. The second-order valence-corrected chi connectivity index (χ2v) is 8.71. The van der Waals surface area contributed by atoms with E-state index >= 15 is 0 Å². The topological polar surface area (TPSA) is 9.23 Å². The fourth-order valence-corrected chi connectivity index (χ4v) is 4.60. The number of allylic oxidation sites excluding steroid dienone is 1. The van der Waals surface area contributed by atoms with Gasteiger partial charge in [-0.2, -0.15) is 0 Å². The van der Waals surface area contributed by atoms with Crippen LogP contribution in [0.1, 0.15) is 105 Å². The third-order valence-electron chi connectivity index (χ3n) is 6.54. The summed E-state index contributed by atoms with van der Waals surface area (Å²) in [6.45, 7) is 11.8. The molecule has 0 aromatic heterocycles. The molecule has 0 N–H and O–H groups in total. The third-order valence-corrected chi connectivity index (χ3v) is 6.54. The predicted octanol–water partition coefficient (Wildman–Crippen LogP) is 7.06. The van der Waals surface area contributed by atoms with E-state index in [4.69, 9.17) is 4.74 Å². The molecule has 1 aliphatic carbocycles. The van der Waals surface area contributed by atoms with Crippen LogP contribution in [0.25, 0.3) is 0 Å². The highest BCUT2D eigenvalue weighted by Gasteiger charge is 2.41. The Kier molecular flexibility index (Phi) is 7.19. The first-order valence-corrected chi connectivity index (χ1v) is 10.3. The molecule has 0 aromatic rings. The Bertz CT molecular complexity index is 397. The van der Waals surface area contributed by atoms with Gasteiger partial charge in [0.25, 0.3) is 0 Å². The molecule has 0 aromatic carbocycles. The molecule has 1 saturated heterocycles. The average Bonchev–Trinajstić information content (AvgIpc) is 2.52.